The lowest BCUT2D eigenvalue weighted by Gasteiger charge is -2.22. The summed E-state index contributed by atoms with van der Waals surface area (Å²) in [6.45, 7) is 5.85. The van der Waals surface area contributed by atoms with Crippen molar-refractivity contribution < 1.29 is 4.79 Å². The molecule has 3 heteroatoms. The summed E-state index contributed by atoms with van der Waals surface area (Å²) < 4.78 is 0. The zero-order valence-corrected chi connectivity index (χ0v) is 11.6. The highest BCUT2D eigenvalue weighted by atomic mass is 16.1. The van der Waals surface area contributed by atoms with Crippen LogP contribution in [0.15, 0.2) is 30.3 Å². The Hall–Kier alpha value is -1.35. The molecule has 0 saturated carbocycles. The molecule has 0 saturated heterocycles. The zero-order valence-electron chi connectivity index (χ0n) is 11.6. The van der Waals surface area contributed by atoms with E-state index in [0.29, 0.717) is 6.42 Å². The Morgan fingerprint density at radius 1 is 1.33 bits per heavy atom. The molecule has 0 aliphatic heterocycles. The summed E-state index contributed by atoms with van der Waals surface area (Å²) in [4.78, 5) is 11.9. The van der Waals surface area contributed by atoms with Gasteiger partial charge in [-0.15, -0.1) is 0 Å². The molecule has 3 nitrogen and oxygen atoms in total. The van der Waals surface area contributed by atoms with E-state index in [0.717, 1.165) is 18.4 Å². The van der Waals surface area contributed by atoms with Crippen LogP contribution in [0.25, 0.3) is 0 Å². The topological polar surface area (TPSA) is 55.1 Å². The summed E-state index contributed by atoms with van der Waals surface area (Å²) in [5.41, 5.74) is 6.56. The van der Waals surface area contributed by atoms with Crippen LogP contribution in [0.3, 0.4) is 0 Å². The van der Waals surface area contributed by atoms with Crippen molar-refractivity contribution in [3.63, 3.8) is 0 Å². The predicted molar refractivity (Wildman–Crippen MR) is 75.1 cm³/mol. The van der Waals surface area contributed by atoms with Gasteiger partial charge < -0.3 is 11.1 Å². The Morgan fingerprint density at radius 2 is 1.94 bits per heavy atom. The lowest BCUT2D eigenvalue weighted by atomic mass is 9.99. The SMILES string of the molecule is CCCC(NC(=O)CC(C)(C)N)c1ccccc1. The number of nitrogens with one attached hydrogen (secondary N) is 1. The molecular weight excluding hydrogens is 224 g/mol. The third-order valence-corrected chi connectivity index (χ3v) is 2.73. The van der Waals surface area contributed by atoms with Crippen molar-refractivity contribution in [1.82, 2.24) is 5.32 Å². The molecule has 1 atom stereocenters. The molecule has 0 fully saturated rings. The van der Waals surface area contributed by atoms with Gasteiger partial charge in [0.15, 0.2) is 0 Å². The van der Waals surface area contributed by atoms with Crippen LogP contribution in [0.1, 0.15) is 51.6 Å². The van der Waals surface area contributed by atoms with Gasteiger partial charge >= 0.3 is 0 Å². The van der Waals surface area contributed by atoms with Gasteiger partial charge in [-0.3, -0.25) is 4.79 Å². The van der Waals surface area contributed by atoms with Crippen LogP contribution in [-0.2, 0) is 4.79 Å². The standard InChI is InChI=1S/C15H24N2O/c1-4-8-13(12-9-6-5-7-10-12)17-14(18)11-15(2,3)16/h5-7,9-10,13H,4,8,11,16H2,1-3H3,(H,17,18). The van der Waals surface area contributed by atoms with Crippen molar-refractivity contribution in [2.24, 2.45) is 5.73 Å². The monoisotopic (exact) mass is 248 g/mol. The van der Waals surface area contributed by atoms with E-state index in [1.807, 2.05) is 44.2 Å². The maximum Gasteiger partial charge on any atom is 0.222 e. The van der Waals surface area contributed by atoms with Gasteiger partial charge in [0.25, 0.3) is 0 Å². The minimum atomic E-state index is -0.461. The number of nitrogens with two attached hydrogens (primary N) is 1. The largest absolute Gasteiger partial charge is 0.349 e. The van der Waals surface area contributed by atoms with Crippen molar-refractivity contribution >= 4 is 5.91 Å². The van der Waals surface area contributed by atoms with E-state index in [2.05, 4.69) is 12.2 Å². The average Bonchev–Trinajstić information content (AvgIpc) is 2.27. The predicted octanol–water partition coefficient (Wildman–Crippen LogP) is 2.77. The van der Waals surface area contributed by atoms with Crippen molar-refractivity contribution in [3.8, 4) is 0 Å². The van der Waals surface area contributed by atoms with Gasteiger partial charge in [-0.2, -0.15) is 0 Å². The number of carbonyl (C=O) groups is 1. The van der Waals surface area contributed by atoms with Gasteiger partial charge in [0.1, 0.15) is 0 Å². The quantitative estimate of drug-likeness (QED) is 0.813. The summed E-state index contributed by atoms with van der Waals surface area (Å²) in [6.07, 6.45) is 2.33. The Balaban J connectivity index is 2.67. The Morgan fingerprint density at radius 3 is 2.44 bits per heavy atom. The molecule has 1 aromatic rings. The number of amides is 1. The maximum atomic E-state index is 11.9. The van der Waals surface area contributed by atoms with Crippen LogP contribution in [-0.4, -0.2) is 11.4 Å². The fourth-order valence-electron chi connectivity index (χ4n) is 1.96. The first-order chi connectivity index (χ1) is 8.42. The van der Waals surface area contributed by atoms with E-state index >= 15 is 0 Å². The summed E-state index contributed by atoms with van der Waals surface area (Å²) in [7, 11) is 0. The smallest absolute Gasteiger partial charge is 0.222 e. The number of hydrogen-bond donors (Lipinski definition) is 2. The van der Waals surface area contributed by atoms with Crippen LogP contribution < -0.4 is 11.1 Å². The van der Waals surface area contributed by atoms with Crippen LogP contribution in [0, 0.1) is 0 Å². The lowest BCUT2D eigenvalue weighted by molar-refractivity contribution is -0.122. The molecule has 3 N–H and O–H groups in total. The fraction of sp³-hybridized carbons (Fsp3) is 0.533. The normalized spacial score (nSPS) is 13.1. The zero-order chi connectivity index (χ0) is 13.6. The first-order valence-electron chi connectivity index (χ1n) is 6.55. The summed E-state index contributed by atoms with van der Waals surface area (Å²) >= 11 is 0. The van der Waals surface area contributed by atoms with E-state index in [1.165, 1.54) is 0 Å². The van der Waals surface area contributed by atoms with Crippen LogP contribution >= 0.6 is 0 Å². The van der Waals surface area contributed by atoms with E-state index in [1.54, 1.807) is 0 Å². The highest BCUT2D eigenvalue weighted by Gasteiger charge is 2.19. The number of carbonyl (C=O) groups excluding carboxylic acids is 1. The van der Waals surface area contributed by atoms with Crippen LogP contribution in [0.2, 0.25) is 0 Å². The first kappa shape index (κ1) is 14.7. The van der Waals surface area contributed by atoms with Crippen molar-refractivity contribution in [3.05, 3.63) is 35.9 Å². The van der Waals surface area contributed by atoms with Crippen molar-refractivity contribution in [1.29, 1.82) is 0 Å². The van der Waals surface area contributed by atoms with Gasteiger partial charge in [-0.05, 0) is 25.8 Å². The van der Waals surface area contributed by atoms with Gasteiger partial charge in [0.05, 0.1) is 6.04 Å². The van der Waals surface area contributed by atoms with E-state index in [4.69, 9.17) is 5.73 Å². The molecule has 1 rings (SSSR count). The van der Waals surface area contributed by atoms with E-state index in [9.17, 15) is 4.79 Å². The van der Waals surface area contributed by atoms with Gasteiger partial charge in [-0.1, -0.05) is 43.7 Å². The summed E-state index contributed by atoms with van der Waals surface area (Å²) in [6, 6.07) is 10.2. The van der Waals surface area contributed by atoms with E-state index < -0.39 is 5.54 Å². The second-order valence-corrected chi connectivity index (χ2v) is 5.48. The summed E-state index contributed by atoms with van der Waals surface area (Å²) in [5.74, 6) is 0.0183. The Labute approximate surface area is 110 Å². The molecule has 0 bridgehead atoms. The number of rotatable bonds is 6. The highest BCUT2D eigenvalue weighted by Crippen LogP contribution is 2.18. The molecule has 18 heavy (non-hydrogen) atoms. The molecule has 0 aliphatic rings. The number of benzene rings is 1. The van der Waals surface area contributed by atoms with Crippen LogP contribution in [0.4, 0.5) is 0 Å². The third kappa shape index (κ3) is 5.32. The molecule has 0 aliphatic carbocycles. The van der Waals surface area contributed by atoms with Crippen molar-refractivity contribution in [2.45, 2.75) is 51.6 Å². The molecule has 1 aromatic carbocycles. The van der Waals surface area contributed by atoms with Crippen LogP contribution in [0.5, 0.6) is 0 Å². The number of hydrogen-bond acceptors (Lipinski definition) is 2. The maximum absolute atomic E-state index is 11.9. The molecule has 0 spiro atoms. The molecule has 100 valence electrons. The lowest BCUT2D eigenvalue weighted by Crippen LogP contribution is -2.40. The average molecular weight is 248 g/mol. The van der Waals surface area contributed by atoms with Gasteiger partial charge in [-0.25, -0.2) is 0 Å². The summed E-state index contributed by atoms with van der Waals surface area (Å²) in [5, 5.41) is 3.07. The van der Waals surface area contributed by atoms with Gasteiger partial charge in [0.2, 0.25) is 5.91 Å². The van der Waals surface area contributed by atoms with Crippen molar-refractivity contribution in [2.75, 3.05) is 0 Å². The van der Waals surface area contributed by atoms with E-state index in [-0.39, 0.29) is 11.9 Å². The Kier molecular flexibility index (Phi) is 5.35. The third-order valence-electron chi connectivity index (χ3n) is 2.73. The molecule has 0 heterocycles. The molecule has 0 radical (unpaired) electrons. The molecule has 0 aromatic heterocycles. The highest BCUT2D eigenvalue weighted by molar-refractivity contribution is 5.77. The van der Waals surface area contributed by atoms with Gasteiger partial charge in [0, 0.05) is 12.0 Å². The molecule has 1 amide bonds. The second kappa shape index (κ2) is 6.55. The molecular formula is C15H24N2O. The second-order valence-electron chi connectivity index (χ2n) is 5.48. The molecule has 1 unspecified atom stereocenters. The first-order valence-corrected chi connectivity index (χ1v) is 6.55. The minimum absolute atomic E-state index is 0.0183. The Bertz CT molecular complexity index is 368. The minimum Gasteiger partial charge on any atom is -0.349 e. The fourth-order valence-corrected chi connectivity index (χ4v) is 1.96.